The first kappa shape index (κ1) is 16.4. The fraction of sp³-hybridized carbons (Fsp3) is 0.917. The number of hydrogen-bond acceptors (Lipinski definition) is 4. The van der Waals surface area contributed by atoms with E-state index in [9.17, 15) is 4.79 Å². The number of hydroxylamine groups is 1. The van der Waals surface area contributed by atoms with Gasteiger partial charge in [-0.2, -0.15) is 5.48 Å². The Labute approximate surface area is 104 Å². The van der Waals surface area contributed by atoms with E-state index in [1.165, 1.54) is 0 Å². The third-order valence-electron chi connectivity index (χ3n) is 2.05. The van der Waals surface area contributed by atoms with Crippen LogP contribution in [0, 0.1) is 5.92 Å². The van der Waals surface area contributed by atoms with Gasteiger partial charge in [0.1, 0.15) is 6.04 Å². The molecule has 0 saturated heterocycles. The third-order valence-corrected chi connectivity index (χ3v) is 2.05. The van der Waals surface area contributed by atoms with Crippen LogP contribution in [0.4, 0.5) is 0 Å². The molecule has 0 heterocycles. The zero-order chi connectivity index (χ0) is 13.5. The second kappa shape index (κ2) is 7.63. The normalized spacial score (nSPS) is 13.8. The molecule has 5 nitrogen and oxygen atoms in total. The zero-order valence-corrected chi connectivity index (χ0v) is 11.8. The van der Waals surface area contributed by atoms with Gasteiger partial charge in [0.15, 0.2) is 6.79 Å². The summed E-state index contributed by atoms with van der Waals surface area (Å²) in [5.41, 5.74) is 2.49. The SMILES string of the molecule is CNC(=O)[C@@H](CC(C)C)NOCOC(C)(C)C. The number of likely N-dealkylation sites (N-methyl/N-ethyl adjacent to an activating group) is 1. The fourth-order valence-corrected chi connectivity index (χ4v) is 1.20. The first-order valence-corrected chi connectivity index (χ1v) is 5.99. The molecule has 0 aromatic heterocycles. The predicted octanol–water partition coefficient (Wildman–Crippen LogP) is 1.44. The smallest absolute Gasteiger partial charge is 0.239 e. The molecular formula is C12H26N2O3. The third kappa shape index (κ3) is 9.09. The van der Waals surface area contributed by atoms with Crippen LogP contribution in [0.1, 0.15) is 41.0 Å². The summed E-state index contributed by atoms with van der Waals surface area (Å²) in [6.07, 6.45) is 0.717. The van der Waals surface area contributed by atoms with Gasteiger partial charge in [0, 0.05) is 7.05 Å². The fourth-order valence-electron chi connectivity index (χ4n) is 1.20. The number of ether oxygens (including phenoxy) is 1. The van der Waals surface area contributed by atoms with E-state index >= 15 is 0 Å². The maximum atomic E-state index is 11.5. The average molecular weight is 246 g/mol. The van der Waals surface area contributed by atoms with Crippen molar-refractivity contribution < 1.29 is 14.4 Å². The highest BCUT2D eigenvalue weighted by Crippen LogP contribution is 2.07. The first-order chi connectivity index (χ1) is 7.76. The Hall–Kier alpha value is -0.650. The molecule has 0 aliphatic heterocycles. The molecule has 102 valence electrons. The Kier molecular flexibility index (Phi) is 7.34. The minimum absolute atomic E-state index is 0.0746. The molecule has 0 rings (SSSR count). The van der Waals surface area contributed by atoms with E-state index in [1.54, 1.807) is 7.05 Å². The van der Waals surface area contributed by atoms with Gasteiger partial charge in [0.05, 0.1) is 5.60 Å². The van der Waals surface area contributed by atoms with Gasteiger partial charge in [-0.15, -0.1) is 0 Å². The van der Waals surface area contributed by atoms with Crippen molar-refractivity contribution in [1.29, 1.82) is 0 Å². The maximum absolute atomic E-state index is 11.5. The molecule has 5 heteroatoms. The predicted molar refractivity (Wildman–Crippen MR) is 67.2 cm³/mol. The monoisotopic (exact) mass is 246 g/mol. The van der Waals surface area contributed by atoms with Crippen LogP contribution >= 0.6 is 0 Å². The van der Waals surface area contributed by atoms with Crippen LogP contribution in [-0.4, -0.2) is 31.4 Å². The standard InChI is InChI=1S/C12H26N2O3/c1-9(2)7-10(11(15)13-6)14-17-8-16-12(3,4)5/h9-10,14H,7-8H2,1-6H3,(H,13,15)/t10-/m1/s1. The molecular weight excluding hydrogens is 220 g/mol. The Morgan fingerprint density at radius 3 is 2.29 bits per heavy atom. The maximum Gasteiger partial charge on any atom is 0.239 e. The summed E-state index contributed by atoms with van der Waals surface area (Å²) in [5, 5.41) is 2.61. The van der Waals surface area contributed by atoms with Crippen molar-refractivity contribution >= 4 is 5.91 Å². The van der Waals surface area contributed by atoms with Gasteiger partial charge in [-0.3, -0.25) is 9.63 Å². The molecule has 1 amide bonds. The Morgan fingerprint density at radius 2 is 1.88 bits per heavy atom. The van der Waals surface area contributed by atoms with Crippen LogP contribution < -0.4 is 10.8 Å². The molecule has 0 aliphatic rings. The van der Waals surface area contributed by atoms with E-state index in [2.05, 4.69) is 24.6 Å². The minimum Gasteiger partial charge on any atom is -0.358 e. The van der Waals surface area contributed by atoms with Crippen LogP contribution in [0.15, 0.2) is 0 Å². The van der Waals surface area contributed by atoms with Crippen molar-refractivity contribution in [3.63, 3.8) is 0 Å². The molecule has 0 aromatic carbocycles. The molecule has 0 bridgehead atoms. The van der Waals surface area contributed by atoms with Gasteiger partial charge in [0.2, 0.25) is 5.91 Å². The summed E-state index contributed by atoms with van der Waals surface area (Å²) < 4.78 is 5.38. The summed E-state index contributed by atoms with van der Waals surface area (Å²) in [6.45, 7) is 10.1. The molecule has 17 heavy (non-hydrogen) atoms. The van der Waals surface area contributed by atoms with Gasteiger partial charge >= 0.3 is 0 Å². The van der Waals surface area contributed by atoms with Gasteiger partial charge < -0.3 is 10.1 Å². The summed E-state index contributed by atoms with van der Waals surface area (Å²) in [4.78, 5) is 16.7. The molecule has 0 aromatic rings. The number of amides is 1. The summed E-state index contributed by atoms with van der Waals surface area (Å²) >= 11 is 0. The number of hydrogen-bond donors (Lipinski definition) is 2. The minimum atomic E-state index is -0.344. The summed E-state index contributed by atoms with van der Waals surface area (Å²) in [7, 11) is 1.61. The van der Waals surface area contributed by atoms with Gasteiger partial charge in [-0.25, -0.2) is 0 Å². The Balaban J connectivity index is 3.96. The number of carbonyl (C=O) groups is 1. The van der Waals surface area contributed by atoms with Gasteiger partial charge in [0.25, 0.3) is 0 Å². The molecule has 0 unspecified atom stereocenters. The van der Waals surface area contributed by atoms with Crippen LogP contribution in [0.5, 0.6) is 0 Å². The lowest BCUT2D eigenvalue weighted by Gasteiger charge is -2.22. The molecule has 0 fully saturated rings. The molecule has 0 radical (unpaired) electrons. The van der Waals surface area contributed by atoms with Crippen molar-refractivity contribution in [2.24, 2.45) is 5.92 Å². The second-order valence-electron chi connectivity index (χ2n) is 5.43. The lowest BCUT2D eigenvalue weighted by Crippen LogP contribution is -2.44. The number of carbonyl (C=O) groups excluding carboxylic acids is 1. The summed E-state index contributed by atoms with van der Waals surface area (Å²) in [6, 6.07) is -0.344. The zero-order valence-electron chi connectivity index (χ0n) is 11.8. The van der Waals surface area contributed by atoms with E-state index in [0.29, 0.717) is 5.92 Å². The van der Waals surface area contributed by atoms with Crippen molar-refractivity contribution in [3.8, 4) is 0 Å². The Morgan fingerprint density at radius 1 is 1.29 bits per heavy atom. The van der Waals surface area contributed by atoms with Crippen molar-refractivity contribution in [1.82, 2.24) is 10.8 Å². The van der Waals surface area contributed by atoms with E-state index in [4.69, 9.17) is 9.57 Å². The largest absolute Gasteiger partial charge is 0.358 e. The lowest BCUT2D eigenvalue weighted by atomic mass is 10.0. The number of rotatable bonds is 7. The van der Waals surface area contributed by atoms with E-state index in [1.807, 2.05) is 20.8 Å². The molecule has 0 aliphatic carbocycles. The first-order valence-electron chi connectivity index (χ1n) is 5.99. The lowest BCUT2D eigenvalue weighted by molar-refractivity contribution is -0.162. The Bertz CT molecular complexity index is 224. The summed E-state index contributed by atoms with van der Waals surface area (Å²) in [5.74, 6) is 0.339. The molecule has 0 spiro atoms. The average Bonchev–Trinajstić information content (AvgIpc) is 2.19. The van der Waals surface area contributed by atoms with E-state index in [-0.39, 0.29) is 24.3 Å². The number of nitrogens with one attached hydrogen (secondary N) is 2. The highest BCUT2D eigenvalue weighted by atomic mass is 16.8. The topological polar surface area (TPSA) is 59.6 Å². The van der Waals surface area contributed by atoms with Crippen molar-refractivity contribution in [3.05, 3.63) is 0 Å². The quantitative estimate of drug-likeness (QED) is 0.405. The van der Waals surface area contributed by atoms with Gasteiger partial charge in [-0.1, -0.05) is 13.8 Å². The molecule has 0 saturated carbocycles. The highest BCUT2D eigenvalue weighted by molar-refractivity contribution is 5.81. The van der Waals surface area contributed by atoms with Crippen LogP contribution in [0.25, 0.3) is 0 Å². The van der Waals surface area contributed by atoms with Crippen LogP contribution in [-0.2, 0) is 14.4 Å². The highest BCUT2D eigenvalue weighted by Gasteiger charge is 2.19. The van der Waals surface area contributed by atoms with Crippen LogP contribution in [0.2, 0.25) is 0 Å². The van der Waals surface area contributed by atoms with E-state index < -0.39 is 0 Å². The molecule has 2 N–H and O–H groups in total. The van der Waals surface area contributed by atoms with Crippen molar-refractivity contribution in [2.45, 2.75) is 52.7 Å². The van der Waals surface area contributed by atoms with Crippen molar-refractivity contribution in [2.75, 3.05) is 13.8 Å². The second-order valence-corrected chi connectivity index (χ2v) is 5.43. The van der Waals surface area contributed by atoms with E-state index in [0.717, 1.165) is 6.42 Å². The van der Waals surface area contributed by atoms with Gasteiger partial charge in [-0.05, 0) is 33.1 Å². The molecule has 1 atom stereocenters. The van der Waals surface area contributed by atoms with Crippen LogP contribution in [0.3, 0.4) is 0 Å².